The molecule has 1 saturated heterocycles. The molecule has 2 rings (SSSR count). The van der Waals surface area contributed by atoms with E-state index in [1.807, 2.05) is 14.0 Å². The third-order valence-corrected chi connectivity index (χ3v) is 3.24. The highest BCUT2D eigenvalue weighted by Crippen LogP contribution is 2.17. The van der Waals surface area contributed by atoms with E-state index in [0.29, 0.717) is 0 Å². The quantitative estimate of drug-likeness (QED) is 0.806. The molecule has 1 aromatic heterocycles. The molecule has 1 aliphatic heterocycles. The van der Waals surface area contributed by atoms with Gasteiger partial charge in [-0.15, -0.1) is 0 Å². The van der Waals surface area contributed by atoms with Crippen molar-refractivity contribution >= 4 is 11.6 Å². The zero-order chi connectivity index (χ0) is 12.1. The lowest BCUT2D eigenvalue weighted by Crippen LogP contribution is -2.26. The normalized spacial score (nSPS) is 16.1. The Morgan fingerprint density at radius 2 is 1.94 bits per heavy atom. The standard InChI is InChI=1S/C12H21N5/c1-10-11(13-2)15-9-16-12(10)14-5-8-17-6-3-4-7-17/h9H,3-8H2,1-2H3,(H2,13,14,15,16). The Labute approximate surface area is 103 Å². The van der Waals surface area contributed by atoms with E-state index in [1.165, 1.54) is 25.9 Å². The van der Waals surface area contributed by atoms with Crippen LogP contribution in [-0.4, -0.2) is 48.1 Å². The highest BCUT2D eigenvalue weighted by Gasteiger charge is 2.11. The molecule has 1 aromatic rings. The first-order valence-corrected chi connectivity index (χ1v) is 6.27. The summed E-state index contributed by atoms with van der Waals surface area (Å²) in [5, 5.41) is 6.45. The summed E-state index contributed by atoms with van der Waals surface area (Å²) in [6, 6.07) is 0. The number of likely N-dealkylation sites (tertiary alicyclic amines) is 1. The lowest BCUT2D eigenvalue weighted by Gasteiger charge is -2.16. The van der Waals surface area contributed by atoms with Crippen LogP contribution < -0.4 is 10.6 Å². The molecule has 0 aliphatic carbocycles. The maximum absolute atomic E-state index is 4.27. The van der Waals surface area contributed by atoms with Gasteiger partial charge in [0.2, 0.25) is 0 Å². The molecule has 0 bridgehead atoms. The molecule has 2 N–H and O–H groups in total. The Morgan fingerprint density at radius 3 is 2.65 bits per heavy atom. The molecule has 0 aromatic carbocycles. The van der Waals surface area contributed by atoms with Gasteiger partial charge >= 0.3 is 0 Å². The van der Waals surface area contributed by atoms with Crippen molar-refractivity contribution in [2.24, 2.45) is 0 Å². The van der Waals surface area contributed by atoms with Crippen LogP contribution in [0.25, 0.3) is 0 Å². The van der Waals surface area contributed by atoms with E-state index in [4.69, 9.17) is 0 Å². The van der Waals surface area contributed by atoms with Crippen molar-refractivity contribution in [2.45, 2.75) is 19.8 Å². The van der Waals surface area contributed by atoms with Gasteiger partial charge in [0.25, 0.3) is 0 Å². The van der Waals surface area contributed by atoms with Crippen molar-refractivity contribution < 1.29 is 0 Å². The molecule has 0 atom stereocenters. The first-order valence-electron chi connectivity index (χ1n) is 6.27. The number of nitrogens with one attached hydrogen (secondary N) is 2. The largest absolute Gasteiger partial charge is 0.373 e. The van der Waals surface area contributed by atoms with Crippen LogP contribution in [0.4, 0.5) is 11.6 Å². The van der Waals surface area contributed by atoms with Gasteiger partial charge in [0.1, 0.15) is 18.0 Å². The Bertz CT molecular complexity index is 360. The second-order valence-electron chi connectivity index (χ2n) is 4.42. The number of hydrogen-bond donors (Lipinski definition) is 2. The first-order chi connectivity index (χ1) is 8.31. The number of rotatable bonds is 5. The SMILES string of the molecule is CNc1ncnc(NCCN2CCCC2)c1C. The lowest BCUT2D eigenvalue weighted by molar-refractivity contribution is 0.352. The van der Waals surface area contributed by atoms with Crippen LogP contribution in [0, 0.1) is 6.92 Å². The van der Waals surface area contributed by atoms with Gasteiger partial charge in [-0.05, 0) is 32.9 Å². The maximum atomic E-state index is 4.27. The third kappa shape index (κ3) is 3.06. The number of hydrogen-bond acceptors (Lipinski definition) is 5. The van der Waals surface area contributed by atoms with E-state index in [-0.39, 0.29) is 0 Å². The van der Waals surface area contributed by atoms with Crippen LogP contribution >= 0.6 is 0 Å². The molecule has 1 aliphatic rings. The van der Waals surface area contributed by atoms with Crippen molar-refractivity contribution in [3.8, 4) is 0 Å². The molecule has 17 heavy (non-hydrogen) atoms. The van der Waals surface area contributed by atoms with Gasteiger partial charge < -0.3 is 15.5 Å². The van der Waals surface area contributed by atoms with Crippen LogP contribution in [0.15, 0.2) is 6.33 Å². The Hall–Kier alpha value is -1.36. The molecule has 0 unspecified atom stereocenters. The van der Waals surface area contributed by atoms with E-state index in [2.05, 4.69) is 25.5 Å². The number of aromatic nitrogens is 2. The molecule has 0 radical (unpaired) electrons. The Kier molecular flexibility index (Phi) is 4.14. The first kappa shape index (κ1) is 12.1. The van der Waals surface area contributed by atoms with Gasteiger partial charge in [0.05, 0.1) is 0 Å². The monoisotopic (exact) mass is 235 g/mol. The highest BCUT2D eigenvalue weighted by molar-refractivity contribution is 5.55. The third-order valence-electron chi connectivity index (χ3n) is 3.24. The smallest absolute Gasteiger partial charge is 0.134 e. The van der Waals surface area contributed by atoms with Gasteiger partial charge in [-0.1, -0.05) is 0 Å². The number of nitrogens with zero attached hydrogens (tertiary/aromatic N) is 3. The summed E-state index contributed by atoms with van der Waals surface area (Å²) in [6.07, 6.45) is 4.28. The predicted molar refractivity (Wildman–Crippen MR) is 70.5 cm³/mol. The van der Waals surface area contributed by atoms with Crippen LogP contribution in [0.1, 0.15) is 18.4 Å². The van der Waals surface area contributed by atoms with Crippen molar-refractivity contribution in [1.29, 1.82) is 0 Å². The summed E-state index contributed by atoms with van der Waals surface area (Å²) >= 11 is 0. The van der Waals surface area contributed by atoms with E-state index in [1.54, 1.807) is 6.33 Å². The zero-order valence-corrected chi connectivity index (χ0v) is 10.7. The fourth-order valence-corrected chi connectivity index (χ4v) is 2.22. The molecular formula is C12H21N5. The minimum absolute atomic E-state index is 0.892. The zero-order valence-electron chi connectivity index (χ0n) is 10.7. The molecule has 5 heteroatoms. The average molecular weight is 235 g/mol. The van der Waals surface area contributed by atoms with Gasteiger partial charge in [-0.25, -0.2) is 9.97 Å². The maximum Gasteiger partial charge on any atom is 0.134 e. The molecule has 0 saturated carbocycles. The van der Waals surface area contributed by atoms with Gasteiger partial charge in [0.15, 0.2) is 0 Å². The Morgan fingerprint density at radius 1 is 1.24 bits per heavy atom. The van der Waals surface area contributed by atoms with Crippen molar-refractivity contribution in [1.82, 2.24) is 14.9 Å². The summed E-state index contributed by atoms with van der Waals surface area (Å²) in [5.74, 6) is 1.83. The minimum atomic E-state index is 0.892. The summed E-state index contributed by atoms with van der Waals surface area (Å²) < 4.78 is 0. The van der Waals surface area contributed by atoms with Crippen LogP contribution in [0.3, 0.4) is 0 Å². The molecule has 0 amide bonds. The summed E-state index contributed by atoms with van der Waals surface area (Å²) in [6.45, 7) is 6.56. The number of anilines is 2. The van der Waals surface area contributed by atoms with E-state index >= 15 is 0 Å². The highest BCUT2D eigenvalue weighted by atomic mass is 15.2. The summed E-state index contributed by atoms with van der Waals surface area (Å²) in [5.41, 5.74) is 1.08. The summed E-state index contributed by atoms with van der Waals surface area (Å²) in [7, 11) is 1.88. The second kappa shape index (κ2) is 5.82. The van der Waals surface area contributed by atoms with Crippen LogP contribution in [-0.2, 0) is 0 Å². The van der Waals surface area contributed by atoms with Gasteiger partial charge in [-0.2, -0.15) is 0 Å². The molecule has 2 heterocycles. The predicted octanol–water partition coefficient (Wildman–Crippen LogP) is 1.33. The molecule has 94 valence electrons. The minimum Gasteiger partial charge on any atom is -0.373 e. The fraction of sp³-hybridized carbons (Fsp3) is 0.667. The van der Waals surface area contributed by atoms with Gasteiger partial charge in [0, 0.05) is 25.7 Å². The van der Waals surface area contributed by atoms with E-state index in [9.17, 15) is 0 Å². The molecule has 5 nitrogen and oxygen atoms in total. The van der Waals surface area contributed by atoms with E-state index < -0.39 is 0 Å². The Balaban J connectivity index is 1.85. The second-order valence-corrected chi connectivity index (χ2v) is 4.42. The molecular weight excluding hydrogens is 214 g/mol. The molecule has 1 fully saturated rings. The van der Waals surface area contributed by atoms with Gasteiger partial charge in [-0.3, -0.25) is 0 Å². The lowest BCUT2D eigenvalue weighted by atomic mass is 10.3. The van der Waals surface area contributed by atoms with Crippen molar-refractivity contribution in [2.75, 3.05) is 43.9 Å². The molecule has 0 spiro atoms. The summed E-state index contributed by atoms with van der Waals surface area (Å²) in [4.78, 5) is 10.9. The average Bonchev–Trinajstić information content (AvgIpc) is 2.84. The van der Waals surface area contributed by atoms with Crippen molar-refractivity contribution in [3.05, 3.63) is 11.9 Å². The topological polar surface area (TPSA) is 53.1 Å². The van der Waals surface area contributed by atoms with Crippen LogP contribution in [0.5, 0.6) is 0 Å². The van der Waals surface area contributed by atoms with Crippen molar-refractivity contribution in [3.63, 3.8) is 0 Å². The van der Waals surface area contributed by atoms with Crippen LogP contribution in [0.2, 0.25) is 0 Å². The van der Waals surface area contributed by atoms with E-state index in [0.717, 1.165) is 30.3 Å². The fourth-order valence-electron chi connectivity index (χ4n) is 2.22.